The number of hydrogen-bond donors (Lipinski definition) is 2. The second-order valence-electron chi connectivity index (χ2n) is 5.51. The van der Waals surface area contributed by atoms with Crippen LogP contribution in [0.3, 0.4) is 0 Å². The summed E-state index contributed by atoms with van der Waals surface area (Å²) in [6, 6.07) is 0. The predicted molar refractivity (Wildman–Crippen MR) is 81.3 cm³/mol. The molecule has 1 heterocycles. The van der Waals surface area contributed by atoms with Crippen molar-refractivity contribution in [1.82, 2.24) is 10.3 Å². The Balaban J connectivity index is 1.69. The number of carbonyl (C=O) groups excluding carboxylic acids is 1. The zero-order chi connectivity index (χ0) is 15.2. The summed E-state index contributed by atoms with van der Waals surface area (Å²) in [5, 5.41) is 15.1. The van der Waals surface area contributed by atoms with E-state index in [9.17, 15) is 9.59 Å². The van der Waals surface area contributed by atoms with Crippen LogP contribution in [0.25, 0.3) is 0 Å². The molecule has 1 aromatic heterocycles. The van der Waals surface area contributed by atoms with E-state index in [-0.39, 0.29) is 17.7 Å². The van der Waals surface area contributed by atoms with Gasteiger partial charge in [-0.25, -0.2) is 4.98 Å². The Morgan fingerprint density at radius 1 is 1.33 bits per heavy atom. The molecule has 1 aromatic rings. The Labute approximate surface area is 128 Å². The zero-order valence-corrected chi connectivity index (χ0v) is 13.1. The average Bonchev–Trinajstić information content (AvgIpc) is 2.95. The number of carboxylic acids is 1. The molecule has 1 amide bonds. The molecule has 0 spiro atoms. The maximum atomic E-state index is 12.0. The first kappa shape index (κ1) is 15.9. The van der Waals surface area contributed by atoms with Crippen LogP contribution in [-0.2, 0) is 22.4 Å². The molecule has 21 heavy (non-hydrogen) atoms. The molecule has 6 heteroatoms. The number of hydrogen-bond acceptors (Lipinski definition) is 4. The highest BCUT2D eigenvalue weighted by Gasteiger charge is 2.29. The van der Waals surface area contributed by atoms with Gasteiger partial charge in [0.25, 0.3) is 0 Å². The summed E-state index contributed by atoms with van der Waals surface area (Å²) in [5.41, 5.74) is 1.03. The molecule has 0 saturated heterocycles. The number of rotatable bonds is 6. The largest absolute Gasteiger partial charge is 0.481 e. The van der Waals surface area contributed by atoms with Crippen molar-refractivity contribution >= 4 is 23.2 Å². The van der Waals surface area contributed by atoms with E-state index in [1.807, 2.05) is 5.38 Å². The van der Waals surface area contributed by atoms with E-state index in [1.54, 1.807) is 11.3 Å². The summed E-state index contributed by atoms with van der Waals surface area (Å²) in [6.45, 7) is 2.68. The van der Waals surface area contributed by atoms with Gasteiger partial charge in [0.1, 0.15) is 0 Å². The van der Waals surface area contributed by atoms with E-state index in [4.69, 9.17) is 5.11 Å². The summed E-state index contributed by atoms with van der Waals surface area (Å²) in [7, 11) is 0. The third-order valence-electron chi connectivity index (χ3n) is 4.03. The van der Waals surface area contributed by atoms with E-state index < -0.39 is 5.97 Å². The minimum absolute atomic E-state index is 0.0257. The van der Waals surface area contributed by atoms with Gasteiger partial charge in [-0.3, -0.25) is 9.59 Å². The molecule has 1 aliphatic carbocycles. The standard InChI is InChI=1S/C15H22N2O3S/c1-2-13-17-12(9-21-13)7-8-16-14(18)10-3-5-11(6-4-10)15(19)20/h9-11H,2-8H2,1H3,(H,16,18)(H,19,20). The van der Waals surface area contributed by atoms with E-state index in [0.29, 0.717) is 32.2 Å². The van der Waals surface area contributed by atoms with Crippen LogP contribution >= 0.6 is 11.3 Å². The smallest absolute Gasteiger partial charge is 0.306 e. The minimum Gasteiger partial charge on any atom is -0.481 e. The Hall–Kier alpha value is -1.43. The number of nitrogens with one attached hydrogen (secondary N) is 1. The van der Waals surface area contributed by atoms with Gasteiger partial charge in [-0.15, -0.1) is 11.3 Å². The molecule has 0 aromatic carbocycles. The summed E-state index contributed by atoms with van der Waals surface area (Å²) in [6.07, 6.45) is 4.29. The Morgan fingerprint density at radius 2 is 2.00 bits per heavy atom. The van der Waals surface area contributed by atoms with Crippen molar-refractivity contribution < 1.29 is 14.7 Å². The van der Waals surface area contributed by atoms with Crippen LogP contribution in [0.15, 0.2) is 5.38 Å². The summed E-state index contributed by atoms with van der Waals surface area (Å²) in [5.74, 6) is -0.965. The van der Waals surface area contributed by atoms with Gasteiger partial charge in [0.15, 0.2) is 0 Å². The minimum atomic E-state index is -0.732. The Bertz CT molecular complexity index is 493. The van der Waals surface area contributed by atoms with Crippen molar-refractivity contribution in [3.63, 3.8) is 0 Å². The van der Waals surface area contributed by atoms with Gasteiger partial charge in [0, 0.05) is 24.3 Å². The first-order chi connectivity index (χ1) is 10.1. The van der Waals surface area contributed by atoms with E-state index in [1.165, 1.54) is 0 Å². The summed E-state index contributed by atoms with van der Waals surface area (Å²) >= 11 is 1.66. The quantitative estimate of drug-likeness (QED) is 0.844. The van der Waals surface area contributed by atoms with Crippen molar-refractivity contribution in [2.24, 2.45) is 11.8 Å². The number of aryl methyl sites for hydroxylation is 1. The lowest BCUT2D eigenvalue weighted by Crippen LogP contribution is -2.35. The molecule has 5 nitrogen and oxygen atoms in total. The Kier molecular flexibility index (Phi) is 5.73. The highest BCUT2D eigenvalue weighted by Crippen LogP contribution is 2.28. The van der Waals surface area contributed by atoms with E-state index in [0.717, 1.165) is 23.5 Å². The van der Waals surface area contributed by atoms with Gasteiger partial charge in [-0.1, -0.05) is 6.92 Å². The maximum Gasteiger partial charge on any atom is 0.306 e. The second kappa shape index (κ2) is 7.54. The number of thiazole rings is 1. The fourth-order valence-corrected chi connectivity index (χ4v) is 3.47. The summed E-state index contributed by atoms with van der Waals surface area (Å²) < 4.78 is 0. The van der Waals surface area contributed by atoms with Crippen LogP contribution in [0.5, 0.6) is 0 Å². The molecule has 0 unspecified atom stereocenters. The zero-order valence-electron chi connectivity index (χ0n) is 12.3. The van der Waals surface area contributed by atoms with Crippen LogP contribution in [0.4, 0.5) is 0 Å². The monoisotopic (exact) mass is 310 g/mol. The average molecular weight is 310 g/mol. The van der Waals surface area contributed by atoms with Crippen LogP contribution in [0.2, 0.25) is 0 Å². The molecular weight excluding hydrogens is 288 g/mol. The van der Waals surface area contributed by atoms with Gasteiger partial charge < -0.3 is 10.4 Å². The highest BCUT2D eigenvalue weighted by atomic mass is 32.1. The van der Waals surface area contributed by atoms with Crippen molar-refractivity contribution in [1.29, 1.82) is 0 Å². The molecule has 1 saturated carbocycles. The van der Waals surface area contributed by atoms with Gasteiger partial charge in [-0.05, 0) is 32.1 Å². The fraction of sp³-hybridized carbons (Fsp3) is 0.667. The number of aromatic nitrogens is 1. The molecule has 116 valence electrons. The van der Waals surface area contributed by atoms with Crippen LogP contribution < -0.4 is 5.32 Å². The predicted octanol–water partition coefficient (Wildman–Crippen LogP) is 2.26. The number of carbonyl (C=O) groups is 2. The Morgan fingerprint density at radius 3 is 2.57 bits per heavy atom. The maximum absolute atomic E-state index is 12.0. The van der Waals surface area contributed by atoms with E-state index in [2.05, 4.69) is 17.2 Å². The van der Waals surface area contributed by atoms with E-state index >= 15 is 0 Å². The first-order valence-corrected chi connectivity index (χ1v) is 8.42. The van der Waals surface area contributed by atoms with Gasteiger partial charge in [0.05, 0.1) is 16.6 Å². The van der Waals surface area contributed by atoms with Crippen molar-refractivity contribution in [3.8, 4) is 0 Å². The lowest BCUT2D eigenvalue weighted by atomic mass is 9.81. The third-order valence-corrected chi connectivity index (χ3v) is 5.07. The van der Waals surface area contributed by atoms with Crippen molar-refractivity contribution in [2.75, 3.05) is 6.54 Å². The second-order valence-corrected chi connectivity index (χ2v) is 6.46. The van der Waals surface area contributed by atoms with Crippen LogP contribution in [0.1, 0.15) is 43.3 Å². The van der Waals surface area contributed by atoms with Crippen molar-refractivity contribution in [2.45, 2.75) is 45.4 Å². The van der Waals surface area contributed by atoms with Crippen LogP contribution in [-0.4, -0.2) is 28.5 Å². The molecule has 0 aliphatic heterocycles. The number of nitrogens with zero attached hydrogens (tertiary/aromatic N) is 1. The van der Waals surface area contributed by atoms with Crippen molar-refractivity contribution in [3.05, 3.63) is 16.1 Å². The third kappa shape index (κ3) is 4.52. The lowest BCUT2D eigenvalue weighted by Gasteiger charge is -2.25. The molecule has 2 rings (SSSR count). The van der Waals surface area contributed by atoms with Gasteiger partial charge >= 0.3 is 5.97 Å². The molecule has 2 N–H and O–H groups in total. The van der Waals surface area contributed by atoms with Gasteiger partial charge in [0.2, 0.25) is 5.91 Å². The molecule has 0 radical (unpaired) electrons. The molecular formula is C15H22N2O3S. The van der Waals surface area contributed by atoms with Gasteiger partial charge in [-0.2, -0.15) is 0 Å². The lowest BCUT2D eigenvalue weighted by molar-refractivity contribution is -0.144. The first-order valence-electron chi connectivity index (χ1n) is 7.54. The SMILES string of the molecule is CCc1nc(CCNC(=O)C2CCC(C(=O)O)CC2)cs1. The number of carboxylic acid groups (broad SMARTS) is 1. The molecule has 1 aliphatic rings. The summed E-state index contributed by atoms with van der Waals surface area (Å²) in [4.78, 5) is 27.4. The van der Waals surface area contributed by atoms with Crippen LogP contribution in [0, 0.1) is 11.8 Å². The topological polar surface area (TPSA) is 79.3 Å². The fourth-order valence-electron chi connectivity index (χ4n) is 2.69. The number of amides is 1. The molecule has 1 fully saturated rings. The molecule has 0 bridgehead atoms. The highest BCUT2D eigenvalue weighted by molar-refractivity contribution is 7.09. The number of aliphatic carboxylic acids is 1. The molecule has 0 atom stereocenters. The normalized spacial score (nSPS) is 22.0.